The molecule has 0 atom stereocenters. The third-order valence-electron chi connectivity index (χ3n) is 5.61. The van der Waals surface area contributed by atoms with E-state index in [1.165, 1.54) is 36.0 Å². The summed E-state index contributed by atoms with van der Waals surface area (Å²) in [6.07, 6.45) is -4.12. The van der Waals surface area contributed by atoms with Gasteiger partial charge in [-0.25, -0.2) is 5.43 Å². The smallest absolute Gasteiger partial charge is 0.392 e. The Balaban J connectivity index is 1.43. The van der Waals surface area contributed by atoms with E-state index in [1.807, 2.05) is 23.1 Å². The summed E-state index contributed by atoms with van der Waals surface area (Å²) in [5, 5.41) is 14.8. The number of nitrogens with one attached hydrogen (secondary N) is 1. The van der Waals surface area contributed by atoms with Crippen LogP contribution in [-0.2, 0) is 6.54 Å². The van der Waals surface area contributed by atoms with Crippen LogP contribution in [0.25, 0.3) is 0 Å². The van der Waals surface area contributed by atoms with Gasteiger partial charge in [-0.05, 0) is 23.3 Å². The van der Waals surface area contributed by atoms with Gasteiger partial charge in [0.05, 0.1) is 17.6 Å². The van der Waals surface area contributed by atoms with Crippen molar-refractivity contribution < 1.29 is 22.8 Å². The molecule has 3 aromatic rings. The van der Waals surface area contributed by atoms with Gasteiger partial charge in [0.1, 0.15) is 6.61 Å². The van der Waals surface area contributed by atoms with Crippen LogP contribution in [0.5, 0.6) is 6.01 Å². The first-order valence-electron chi connectivity index (χ1n) is 11.8. The Morgan fingerprint density at radius 2 is 1.74 bits per heavy atom. The summed E-state index contributed by atoms with van der Waals surface area (Å²) in [4.78, 5) is 27.1. The summed E-state index contributed by atoms with van der Waals surface area (Å²) in [6, 6.07) is 15.6. The lowest BCUT2D eigenvalue weighted by Crippen LogP contribution is -2.46. The van der Waals surface area contributed by atoms with E-state index in [0.29, 0.717) is 18.7 Å². The maximum Gasteiger partial charge on any atom is 0.392 e. The maximum absolute atomic E-state index is 12.6. The molecule has 1 fully saturated rings. The van der Waals surface area contributed by atoms with Gasteiger partial charge in [-0.2, -0.15) is 33.2 Å². The van der Waals surface area contributed by atoms with E-state index in [1.54, 1.807) is 0 Å². The highest BCUT2D eigenvalue weighted by molar-refractivity contribution is 5.80. The second-order valence-electron chi connectivity index (χ2n) is 8.42. The number of benzene rings is 2. The molecular weight excluding hydrogens is 505 g/mol. The minimum Gasteiger partial charge on any atom is -0.463 e. The van der Waals surface area contributed by atoms with Gasteiger partial charge in [0, 0.05) is 44.9 Å². The third-order valence-corrected chi connectivity index (χ3v) is 5.61. The minimum absolute atomic E-state index is 0.0121. The fraction of sp³-hybridized carbons (Fsp3) is 0.333. The molecule has 1 aromatic heterocycles. The molecule has 0 radical (unpaired) electrons. The monoisotopic (exact) mass is 530 g/mol. The lowest BCUT2D eigenvalue weighted by Gasteiger charge is -2.34. The predicted molar refractivity (Wildman–Crippen MR) is 134 cm³/mol. The number of nitro benzene ring substituents is 1. The van der Waals surface area contributed by atoms with E-state index in [0.717, 1.165) is 19.6 Å². The van der Waals surface area contributed by atoms with Gasteiger partial charge < -0.3 is 9.64 Å². The molecule has 4 rings (SSSR count). The van der Waals surface area contributed by atoms with Crippen LogP contribution < -0.4 is 15.1 Å². The van der Waals surface area contributed by atoms with Gasteiger partial charge >= 0.3 is 12.2 Å². The van der Waals surface area contributed by atoms with Crippen molar-refractivity contribution in [2.45, 2.75) is 19.1 Å². The molecule has 0 spiro atoms. The van der Waals surface area contributed by atoms with Crippen LogP contribution in [0.2, 0.25) is 0 Å². The van der Waals surface area contributed by atoms with Crippen LogP contribution in [0.15, 0.2) is 59.7 Å². The highest BCUT2D eigenvalue weighted by Gasteiger charge is 2.27. The Bertz CT molecular complexity index is 1230. The Kier molecular flexibility index (Phi) is 8.63. The average molecular weight is 531 g/mol. The average Bonchev–Trinajstić information content (AvgIpc) is 2.89. The van der Waals surface area contributed by atoms with Crippen molar-refractivity contribution >= 4 is 23.8 Å². The summed E-state index contributed by atoms with van der Waals surface area (Å²) < 4.78 is 42.9. The van der Waals surface area contributed by atoms with Gasteiger partial charge in [0.25, 0.3) is 11.6 Å². The number of halogens is 3. The van der Waals surface area contributed by atoms with Crippen LogP contribution in [0.3, 0.4) is 0 Å². The van der Waals surface area contributed by atoms with Gasteiger partial charge in [-0.3, -0.25) is 15.0 Å². The number of nitro groups is 1. The summed E-state index contributed by atoms with van der Waals surface area (Å²) in [7, 11) is 0. The number of ether oxygens (including phenoxy) is 1. The topological polar surface area (TPSA) is 122 Å². The number of hydrogen-bond donors (Lipinski definition) is 1. The summed E-state index contributed by atoms with van der Waals surface area (Å²) >= 11 is 0. The molecule has 38 heavy (non-hydrogen) atoms. The van der Waals surface area contributed by atoms with Crippen molar-refractivity contribution in [2.75, 3.05) is 43.1 Å². The maximum atomic E-state index is 12.6. The second kappa shape index (κ2) is 12.3. The Labute approximate surface area is 216 Å². The lowest BCUT2D eigenvalue weighted by atomic mass is 10.2. The normalized spacial score (nSPS) is 14.6. The molecule has 1 aliphatic heterocycles. The quantitative estimate of drug-likeness (QED) is 0.236. The third kappa shape index (κ3) is 8.09. The van der Waals surface area contributed by atoms with Crippen molar-refractivity contribution in [3.63, 3.8) is 0 Å². The van der Waals surface area contributed by atoms with Crippen molar-refractivity contribution in [2.24, 2.45) is 5.10 Å². The van der Waals surface area contributed by atoms with Crippen LogP contribution in [0, 0.1) is 10.1 Å². The fourth-order valence-corrected chi connectivity index (χ4v) is 3.65. The lowest BCUT2D eigenvalue weighted by molar-refractivity contribution is -0.384. The molecule has 0 aliphatic carbocycles. The molecule has 14 heteroatoms. The van der Waals surface area contributed by atoms with Gasteiger partial charge in [0.2, 0.25) is 5.95 Å². The predicted octanol–water partition coefficient (Wildman–Crippen LogP) is 3.88. The molecule has 1 N–H and O–H groups in total. The molecule has 0 bridgehead atoms. The highest BCUT2D eigenvalue weighted by Crippen LogP contribution is 2.21. The van der Waals surface area contributed by atoms with E-state index in [4.69, 9.17) is 4.74 Å². The number of hydrazone groups is 1. The minimum atomic E-state index is -4.37. The van der Waals surface area contributed by atoms with E-state index < -0.39 is 24.1 Å². The van der Waals surface area contributed by atoms with Crippen LogP contribution in [0.4, 0.5) is 30.8 Å². The second-order valence-corrected chi connectivity index (χ2v) is 8.42. The van der Waals surface area contributed by atoms with Crippen LogP contribution >= 0.6 is 0 Å². The van der Waals surface area contributed by atoms with Crippen molar-refractivity contribution in [3.8, 4) is 6.01 Å². The first kappa shape index (κ1) is 26.7. The zero-order valence-corrected chi connectivity index (χ0v) is 20.2. The van der Waals surface area contributed by atoms with Gasteiger partial charge in [0.15, 0.2) is 0 Å². The zero-order chi connectivity index (χ0) is 27.0. The van der Waals surface area contributed by atoms with E-state index in [9.17, 15) is 23.3 Å². The number of hydrogen-bond acceptors (Lipinski definition) is 10. The molecule has 0 saturated carbocycles. The van der Waals surface area contributed by atoms with E-state index in [2.05, 4.69) is 42.5 Å². The summed E-state index contributed by atoms with van der Waals surface area (Å²) in [6.45, 7) is 2.86. The molecule has 11 nitrogen and oxygen atoms in total. The first-order valence-corrected chi connectivity index (χ1v) is 11.8. The van der Waals surface area contributed by atoms with Crippen molar-refractivity contribution in [3.05, 3.63) is 75.8 Å². The first-order chi connectivity index (χ1) is 18.2. The number of aromatic nitrogens is 3. The van der Waals surface area contributed by atoms with Crippen molar-refractivity contribution in [1.82, 2.24) is 19.9 Å². The molecule has 0 unspecified atom stereocenters. The van der Waals surface area contributed by atoms with Crippen molar-refractivity contribution in [1.29, 1.82) is 0 Å². The Hall–Kier alpha value is -4.33. The fourth-order valence-electron chi connectivity index (χ4n) is 3.65. The Morgan fingerprint density at radius 3 is 2.39 bits per heavy atom. The molecule has 2 aromatic carbocycles. The summed E-state index contributed by atoms with van der Waals surface area (Å²) in [5.41, 5.74) is 4.36. The van der Waals surface area contributed by atoms with Crippen LogP contribution in [-0.4, -0.2) is 70.0 Å². The molecule has 0 amide bonds. The number of nitrogens with zero attached hydrogens (tertiary/aromatic N) is 7. The summed E-state index contributed by atoms with van der Waals surface area (Å²) in [5.74, 6) is 0.247. The number of piperazine rings is 1. The molecule has 1 saturated heterocycles. The molecule has 1 aliphatic rings. The molecule has 2 heterocycles. The molecular formula is C24H25F3N8O3. The highest BCUT2D eigenvalue weighted by atomic mass is 19.4. The Morgan fingerprint density at radius 1 is 1.03 bits per heavy atom. The largest absolute Gasteiger partial charge is 0.463 e. The van der Waals surface area contributed by atoms with E-state index in [-0.39, 0.29) is 23.6 Å². The van der Waals surface area contributed by atoms with E-state index >= 15 is 0 Å². The number of rotatable bonds is 10. The molecule has 200 valence electrons. The van der Waals surface area contributed by atoms with Gasteiger partial charge in [-0.1, -0.05) is 30.3 Å². The number of anilines is 2. The number of non-ortho nitro benzene ring substituents is 1. The van der Waals surface area contributed by atoms with Gasteiger partial charge in [-0.15, -0.1) is 0 Å². The van der Waals surface area contributed by atoms with Crippen LogP contribution in [0.1, 0.15) is 17.5 Å². The SMILES string of the molecule is O=[N+]([O-])c1ccc(/C=N\Nc2nc(OCCC(F)(F)F)nc(N3CCN(Cc4ccccc4)CC3)n2)cc1. The standard InChI is InChI=1S/C24H25F3N8O3/c25-24(26,27)10-15-38-23-30-21(32-28-16-18-6-8-20(9-7-18)35(36)37)29-22(31-23)34-13-11-33(12-14-34)17-19-4-2-1-3-5-19/h1-9,16H,10-15,17H2,(H,29,30,31,32)/b28-16-. The zero-order valence-electron chi connectivity index (χ0n) is 20.2. The number of alkyl halides is 3.